The van der Waals surface area contributed by atoms with Crippen molar-refractivity contribution in [2.75, 3.05) is 11.9 Å². The van der Waals surface area contributed by atoms with Crippen molar-refractivity contribution in [1.82, 2.24) is 10.2 Å². The molecule has 2 aliphatic rings. The van der Waals surface area contributed by atoms with Crippen LogP contribution in [-0.2, 0) is 9.59 Å². The van der Waals surface area contributed by atoms with Gasteiger partial charge >= 0.3 is 6.03 Å². The standard InChI is InChI=1S/C18H22FN3O3/c1-11-6-7-13(19)14(9-11)20-15(23)10-22-16(24)18(21-17(22)25)8-4-3-5-12(18)2/h6-7,9,12H,3-5,8,10H2,1-2H3,(H,20,23)(H,21,25)/t12-,18+/m1/s1. The SMILES string of the molecule is Cc1ccc(F)c(NC(=O)CN2C(=O)N[C@]3(CCCC[C@H]3C)C2=O)c1. The molecule has 0 bridgehead atoms. The maximum atomic E-state index is 13.8. The predicted octanol–water partition coefficient (Wildman–Crippen LogP) is 2.57. The van der Waals surface area contributed by atoms with Crippen LogP contribution in [0.15, 0.2) is 18.2 Å². The molecule has 1 saturated heterocycles. The molecule has 6 nitrogen and oxygen atoms in total. The first-order valence-electron chi connectivity index (χ1n) is 8.53. The molecule has 2 atom stereocenters. The number of nitrogens with one attached hydrogen (secondary N) is 2. The molecule has 1 aliphatic carbocycles. The normalized spacial score (nSPS) is 26.0. The molecule has 1 aliphatic heterocycles. The van der Waals surface area contributed by atoms with E-state index in [0.717, 1.165) is 29.7 Å². The number of aryl methyl sites for hydroxylation is 1. The summed E-state index contributed by atoms with van der Waals surface area (Å²) in [6.45, 7) is 3.30. The molecule has 134 valence electrons. The Hall–Kier alpha value is -2.44. The van der Waals surface area contributed by atoms with Crippen LogP contribution < -0.4 is 10.6 Å². The fourth-order valence-corrected chi connectivity index (χ4v) is 3.71. The van der Waals surface area contributed by atoms with Crippen molar-refractivity contribution in [2.45, 2.75) is 45.1 Å². The number of halogens is 1. The van der Waals surface area contributed by atoms with Crippen molar-refractivity contribution in [3.63, 3.8) is 0 Å². The Morgan fingerprint density at radius 1 is 1.40 bits per heavy atom. The van der Waals surface area contributed by atoms with Gasteiger partial charge in [0.05, 0.1) is 5.69 Å². The van der Waals surface area contributed by atoms with E-state index in [1.165, 1.54) is 12.1 Å². The Morgan fingerprint density at radius 3 is 2.88 bits per heavy atom. The summed E-state index contributed by atoms with van der Waals surface area (Å²) in [5, 5.41) is 5.23. The average Bonchev–Trinajstić information content (AvgIpc) is 2.79. The van der Waals surface area contributed by atoms with Gasteiger partial charge in [-0.3, -0.25) is 14.5 Å². The minimum atomic E-state index is -0.899. The van der Waals surface area contributed by atoms with Crippen LogP contribution in [0, 0.1) is 18.7 Å². The molecular weight excluding hydrogens is 325 g/mol. The van der Waals surface area contributed by atoms with E-state index >= 15 is 0 Å². The van der Waals surface area contributed by atoms with Crippen LogP contribution >= 0.6 is 0 Å². The van der Waals surface area contributed by atoms with Crippen LogP contribution in [0.5, 0.6) is 0 Å². The second-order valence-electron chi connectivity index (χ2n) is 6.97. The van der Waals surface area contributed by atoms with E-state index in [-0.39, 0.29) is 17.5 Å². The monoisotopic (exact) mass is 347 g/mol. The van der Waals surface area contributed by atoms with Crippen molar-refractivity contribution >= 4 is 23.5 Å². The molecule has 25 heavy (non-hydrogen) atoms. The lowest BCUT2D eigenvalue weighted by Crippen LogP contribution is -2.54. The largest absolute Gasteiger partial charge is 0.325 e. The number of carbonyl (C=O) groups excluding carboxylic acids is 3. The number of hydrogen-bond acceptors (Lipinski definition) is 3. The number of hydrogen-bond donors (Lipinski definition) is 2. The van der Waals surface area contributed by atoms with Gasteiger partial charge in [0.2, 0.25) is 5.91 Å². The second kappa shape index (κ2) is 6.46. The van der Waals surface area contributed by atoms with Crippen LogP contribution in [-0.4, -0.2) is 34.8 Å². The molecule has 0 aromatic heterocycles. The summed E-state index contributed by atoms with van der Waals surface area (Å²) in [6, 6.07) is 3.80. The highest BCUT2D eigenvalue weighted by atomic mass is 19.1. The number of rotatable bonds is 3. The minimum Gasteiger partial charge on any atom is -0.323 e. The third-order valence-corrected chi connectivity index (χ3v) is 5.20. The van der Waals surface area contributed by atoms with E-state index in [0.29, 0.717) is 6.42 Å². The third kappa shape index (κ3) is 3.10. The van der Waals surface area contributed by atoms with Gasteiger partial charge in [0.15, 0.2) is 0 Å². The molecule has 3 rings (SSSR count). The van der Waals surface area contributed by atoms with Gasteiger partial charge in [0.25, 0.3) is 5.91 Å². The lowest BCUT2D eigenvalue weighted by Gasteiger charge is -2.36. The van der Waals surface area contributed by atoms with Gasteiger partial charge in [-0.15, -0.1) is 0 Å². The molecule has 1 saturated carbocycles. The molecule has 0 unspecified atom stereocenters. The van der Waals surface area contributed by atoms with E-state index in [1.807, 2.05) is 6.92 Å². The highest BCUT2D eigenvalue weighted by Gasteiger charge is 2.55. The number of urea groups is 1. The van der Waals surface area contributed by atoms with Crippen LogP contribution in [0.4, 0.5) is 14.9 Å². The molecule has 1 aromatic carbocycles. The smallest absolute Gasteiger partial charge is 0.323 e. The van der Waals surface area contributed by atoms with E-state index < -0.39 is 29.8 Å². The first-order chi connectivity index (χ1) is 11.8. The van der Waals surface area contributed by atoms with Crippen LogP contribution in [0.25, 0.3) is 0 Å². The summed E-state index contributed by atoms with van der Waals surface area (Å²) >= 11 is 0. The summed E-state index contributed by atoms with van der Waals surface area (Å²) in [4.78, 5) is 38.2. The maximum absolute atomic E-state index is 13.8. The van der Waals surface area contributed by atoms with Gasteiger partial charge in [0, 0.05) is 0 Å². The first kappa shape index (κ1) is 17.4. The van der Waals surface area contributed by atoms with Crippen molar-refractivity contribution in [1.29, 1.82) is 0 Å². The van der Waals surface area contributed by atoms with Crippen LogP contribution in [0.1, 0.15) is 38.2 Å². The Balaban J connectivity index is 1.72. The molecule has 7 heteroatoms. The van der Waals surface area contributed by atoms with Crippen LogP contribution in [0.3, 0.4) is 0 Å². The number of anilines is 1. The summed E-state index contributed by atoms with van der Waals surface area (Å²) < 4.78 is 13.8. The van der Waals surface area contributed by atoms with Gasteiger partial charge in [-0.25, -0.2) is 9.18 Å². The summed E-state index contributed by atoms with van der Waals surface area (Å²) in [6.07, 6.45) is 3.34. The molecule has 2 fully saturated rings. The summed E-state index contributed by atoms with van der Waals surface area (Å²) in [5.74, 6) is -1.49. The fourth-order valence-electron chi connectivity index (χ4n) is 3.71. The van der Waals surface area contributed by atoms with Gasteiger partial charge < -0.3 is 10.6 Å². The van der Waals surface area contributed by atoms with Gasteiger partial charge in [0.1, 0.15) is 17.9 Å². The van der Waals surface area contributed by atoms with Crippen molar-refractivity contribution < 1.29 is 18.8 Å². The van der Waals surface area contributed by atoms with E-state index in [9.17, 15) is 18.8 Å². The summed E-state index contributed by atoms with van der Waals surface area (Å²) in [7, 11) is 0. The fraction of sp³-hybridized carbons (Fsp3) is 0.500. The quantitative estimate of drug-likeness (QED) is 0.825. The zero-order valence-corrected chi connectivity index (χ0v) is 14.4. The third-order valence-electron chi connectivity index (χ3n) is 5.20. The number of nitrogens with zero attached hydrogens (tertiary/aromatic N) is 1. The molecular formula is C18H22FN3O3. The number of amides is 4. The maximum Gasteiger partial charge on any atom is 0.325 e. The van der Waals surface area contributed by atoms with Gasteiger partial charge in [-0.1, -0.05) is 25.8 Å². The zero-order valence-electron chi connectivity index (χ0n) is 14.4. The second-order valence-corrected chi connectivity index (χ2v) is 6.97. The number of carbonyl (C=O) groups is 3. The summed E-state index contributed by atoms with van der Waals surface area (Å²) in [5.41, 5.74) is -0.0658. The molecule has 1 heterocycles. The van der Waals surface area contributed by atoms with E-state index in [2.05, 4.69) is 10.6 Å². The van der Waals surface area contributed by atoms with E-state index in [4.69, 9.17) is 0 Å². The van der Waals surface area contributed by atoms with Crippen molar-refractivity contribution in [3.05, 3.63) is 29.6 Å². The average molecular weight is 347 g/mol. The highest BCUT2D eigenvalue weighted by Crippen LogP contribution is 2.38. The molecule has 1 aromatic rings. The van der Waals surface area contributed by atoms with E-state index in [1.54, 1.807) is 13.0 Å². The molecule has 1 spiro atoms. The number of imide groups is 1. The van der Waals surface area contributed by atoms with Gasteiger partial charge in [-0.05, 0) is 43.4 Å². The predicted molar refractivity (Wildman–Crippen MR) is 90.4 cm³/mol. The van der Waals surface area contributed by atoms with Crippen molar-refractivity contribution in [2.24, 2.45) is 5.92 Å². The molecule has 4 amide bonds. The Bertz CT molecular complexity index is 736. The van der Waals surface area contributed by atoms with Crippen LogP contribution in [0.2, 0.25) is 0 Å². The Labute approximate surface area is 145 Å². The highest BCUT2D eigenvalue weighted by molar-refractivity contribution is 6.10. The lowest BCUT2D eigenvalue weighted by atomic mass is 9.73. The first-order valence-corrected chi connectivity index (χ1v) is 8.53. The topological polar surface area (TPSA) is 78.5 Å². The molecule has 2 N–H and O–H groups in total. The zero-order chi connectivity index (χ0) is 18.2. The Kier molecular flexibility index (Phi) is 4.49. The lowest BCUT2D eigenvalue weighted by molar-refractivity contribution is -0.136. The van der Waals surface area contributed by atoms with Gasteiger partial charge in [-0.2, -0.15) is 0 Å². The molecule has 0 radical (unpaired) electrons. The minimum absolute atomic E-state index is 0.0278. The number of benzene rings is 1. The van der Waals surface area contributed by atoms with Crippen molar-refractivity contribution in [3.8, 4) is 0 Å². The Morgan fingerprint density at radius 2 is 2.16 bits per heavy atom.